The predicted octanol–water partition coefficient (Wildman–Crippen LogP) is 1.68. The van der Waals surface area contributed by atoms with Crippen molar-refractivity contribution in [2.24, 2.45) is 0 Å². The number of amides is 2. The lowest BCUT2D eigenvalue weighted by Gasteiger charge is -2.35. The zero-order chi connectivity index (χ0) is 12.9. The largest absolute Gasteiger partial charge is 0.481 e. The first-order valence-corrected chi connectivity index (χ1v) is 5.46. The van der Waals surface area contributed by atoms with Gasteiger partial charge >= 0.3 is 12.0 Å². The molecule has 1 unspecified atom stereocenters. The summed E-state index contributed by atoms with van der Waals surface area (Å²) in [5.74, 6) is -0.912. The van der Waals surface area contributed by atoms with Crippen LogP contribution >= 0.6 is 0 Å². The Kier molecular flexibility index (Phi) is 5.27. The van der Waals surface area contributed by atoms with Gasteiger partial charge in [-0.2, -0.15) is 0 Å². The molecule has 0 aliphatic heterocycles. The Balaban J connectivity index is 4.31. The third-order valence-electron chi connectivity index (χ3n) is 2.93. The van der Waals surface area contributed by atoms with Gasteiger partial charge in [-0.3, -0.25) is 4.79 Å². The summed E-state index contributed by atoms with van der Waals surface area (Å²) in [6, 6.07) is -0.597. The number of rotatable bonds is 5. The Morgan fingerprint density at radius 2 is 1.94 bits per heavy atom. The molecule has 0 aliphatic carbocycles. The third-order valence-corrected chi connectivity index (χ3v) is 2.93. The van der Waals surface area contributed by atoms with Gasteiger partial charge in [-0.25, -0.2) is 4.79 Å². The van der Waals surface area contributed by atoms with Crippen LogP contribution in [0.4, 0.5) is 4.79 Å². The number of carbonyl (C=O) groups excluding carboxylic acids is 1. The molecular weight excluding hydrogens is 208 g/mol. The monoisotopic (exact) mass is 230 g/mol. The van der Waals surface area contributed by atoms with Crippen LogP contribution in [0.25, 0.3) is 0 Å². The molecule has 16 heavy (non-hydrogen) atoms. The maximum Gasteiger partial charge on any atom is 0.317 e. The second-order valence-electron chi connectivity index (χ2n) is 4.67. The van der Waals surface area contributed by atoms with Crippen molar-refractivity contribution in [1.82, 2.24) is 10.2 Å². The number of aliphatic carboxylic acids is 1. The van der Waals surface area contributed by atoms with Crippen molar-refractivity contribution in [1.29, 1.82) is 0 Å². The van der Waals surface area contributed by atoms with Crippen molar-refractivity contribution in [3.63, 3.8) is 0 Å². The highest BCUT2D eigenvalue weighted by atomic mass is 16.4. The van der Waals surface area contributed by atoms with Crippen LogP contribution in [0.3, 0.4) is 0 Å². The van der Waals surface area contributed by atoms with Crippen molar-refractivity contribution in [2.45, 2.75) is 52.1 Å². The fourth-order valence-electron chi connectivity index (χ4n) is 1.13. The van der Waals surface area contributed by atoms with Crippen molar-refractivity contribution in [3.05, 3.63) is 0 Å². The Bertz CT molecular complexity index is 264. The van der Waals surface area contributed by atoms with E-state index in [1.54, 1.807) is 18.9 Å². The molecule has 2 amide bonds. The van der Waals surface area contributed by atoms with E-state index in [9.17, 15) is 9.59 Å². The van der Waals surface area contributed by atoms with Crippen LogP contribution in [0.15, 0.2) is 0 Å². The number of carbonyl (C=O) groups is 2. The first-order valence-electron chi connectivity index (χ1n) is 5.46. The average Bonchev–Trinajstić information content (AvgIpc) is 2.14. The van der Waals surface area contributed by atoms with E-state index in [0.717, 1.165) is 6.42 Å². The van der Waals surface area contributed by atoms with Crippen molar-refractivity contribution >= 4 is 12.0 Å². The van der Waals surface area contributed by atoms with Gasteiger partial charge < -0.3 is 15.3 Å². The van der Waals surface area contributed by atoms with E-state index in [1.807, 2.05) is 20.8 Å². The summed E-state index contributed by atoms with van der Waals surface area (Å²) in [4.78, 5) is 23.8. The molecule has 0 rings (SSSR count). The van der Waals surface area contributed by atoms with Gasteiger partial charge in [-0.05, 0) is 27.2 Å². The minimum Gasteiger partial charge on any atom is -0.481 e. The standard InChI is InChI=1S/C11H22N2O3/c1-6-11(3,4)13(5)10(16)12-8(2)7-9(14)15/h8H,6-7H2,1-5H3,(H,12,16)(H,14,15). The average molecular weight is 230 g/mol. The van der Waals surface area contributed by atoms with E-state index < -0.39 is 5.97 Å². The molecule has 94 valence electrons. The quantitative estimate of drug-likeness (QED) is 0.755. The van der Waals surface area contributed by atoms with Crippen molar-refractivity contribution in [3.8, 4) is 0 Å². The highest BCUT2D eigenvalue weighted by Gasteiger charge is 2.26. The van der Waals surface area contributed by atoms with Crippen LogP contribution in [0.2, 0.25) is 0 Å². The molecule has 0 heterocycles. The van der Waals surface area contributed by atoms with Crippen LogP contribution in [0.5, 0.6) is 0 Å². The summed E-state index contributed by atoms with van der Waals surface area (Å²) in [5.41, 5.74) is -0.229. The highest BCUT2D eigenvalue weighted by Crippen LogP contribution is 2.16. The molecule has 0 aromatic carbocycles. The van der Waals surface area contributed by atoms with Gasteiger partial charge in [0.05, 0.1) is 6.42 Å². The Hall–Kier alpha value is -1.26. The van der Waals surface area contributed by atoms with Crippen molar-refractivity contribution in [2.75, 3.05) is 7.05 Å². The van der Waals surface area contributed by atoms with Gasteiger partial charge in [0.25, 0.3) is 0 Å². The summed E-state index contributed by atoms with van der Waals surface area (Å²) in [7, 11) is 1.71. The highest BCUT2D eigenvalue weighted by molar-refractivity contribution is 5.76. The van der Waals surface area contributed by atoms with E-state index in [2.05, 4.69) is 5.32 Å². The first kappa shape index (κ1) is 14.7. The normalized spacial score (nSPS) is 13.1. The number of carboxylic acid groups (broad SMARTS) is 1. The molecule has 2 N–H and O–H groups in total. The molecule has 0 aliphatic rings. The molecule has 0 radical (unpaired) electrons. The zero-order valence-electron chi connectivity index (χ0n) is 10.7. The lowest BCUT2D eigenvalue weighted by atomic mass is 10.0. The van der Waals surface area contributed by atoms with Gasteiger partial charge in [0.2, 0.25) is 0 Å². The lowest BCUT2D eigenvalue weighted by Crippen LogP contribution is -2.51. The molecule has 0 bridgehead atoms. The molecule has 0 aromatic heterocycles. The minimum atomic E-state index is -0.912. The minimum absolute atomic E-state index is 0.0634. The number of hydrogen-bond acceptors (Lipinski definition) is 2. The predicted molar refractivity (Wildman–Crippen MR) is 62.4 cm³/mol. The topological polar surface area (TPSA) is 69.6 Å². The number of urea groups is 1. The molecule has 0 saturated carbocycles. The Labute approximate surface area is 96.8 Å². The third kappa shape index (κ3) is 4.51. The van der Waals surface area contributed by atoms with E-state index in [-0.39, 0.29) is 24.0 Å². The van der Waals surface area contributed by atoms with Crippen LogP contribution in [0.1, 0.15) is 40.5 Å². The Morgan fingerprint density at radius 1 is 1.44 bits per heavy atom. The van der Waals surface area contributed by atoms with Gasteiger partial charge in [0.1, 0.15) is 0 Å². The molecule has 1 atom stereocenters. The number of hydrogen-bond donors (Lipinski definition) is 2. The van der Waals surface area contributed by atoms with Crippen LogP contribution in [-0.4, -0.2) is 40.6 Å². The number of nitrogens with zero attached hydrogens (tertiary/aromatic N) is 1. The molecule has 5 heteroatoms. The fourth-order valence-corrected chi connectivity index (χ4v) is 1.13. The number of carboxylic acids is 1. The van der Waals surface area contributed by atoms with Crippen molar-refractivity contribution < 1.29 is 14.7 Å². The van der Waals surface area contributed by atoms with Crippen LogP contribution < -0.4 is 5.32 Å². The SMILES string of the molecule is CCC(C)(C)N(C)C(=O)NC(C)CC(=O)O. The molecule has 0 fully saturated rings. The molecule has 0 saturated heterocycles. The van der Waals surface area contributed by atoms with Gasteiger partial charge in [0.15, 0.2) is 0 Å². The zero-order valence-corrected chi connectivity index (χ0v) is 10.7. The number of nitrogens with one attached hydrogen (secondary N) is 1. The van der Waals surface area contributed by atoms with E-state index in [1.165, 1.54) is 0 Å². The molecular formula is C11H22N2O3. The maximum atomic E-state index is 11.8. The summed E-state index contributed by atoms with van der Waals surface area (Å²) in [5, 5.41) is 11.2. The van der Waals surface area contributed by atoms with Gasteiger partial charge in [-0.1, -0.05) is 6.92 Å². The van der Waals surface area contributed by atoms with E-state index in [0.29, 0.717) is 0 Å². The maximum absolute atomic E-state index is 11.8. The molecule has 0 spiro atoms. The Morgan fingerprint density at radius 3 is 2.31 bits per heavy atom. The first-order chi connectivity index (χ1) is 7.20. The summed E-state index contributed by atoms with van der Waals surface area (Å²) < 4.78 is 0. The second-order valence-corrected chi connectivity index (χ2v) is 4.67. The smallest absolute Gasteiger partial charge is 0.317 e. The van der Waals surface area contributed by atoms with Gasteiger partial charge in [-0.15, -0.1) is 0 Å². The van der Waals surface area contributed by atoms with Crippen LogP contribution in [-0.2, 0) is 4.79 Å². The molecule has 5 nitrogen and oxygen atoms in total. The van der Waals surface area contributed by atoms with Gasteiger partial charge in [0, 0.05) is 18.6 Å². The summed E-state index contributed by atoms with van der Waals surface area (Å²) in [6.45, 7) is 7.62. The summed E-state index contributed by atoms with van der Waals surface area (Å²) in [6.07, 6.45) is 0.774. The summed E-state index contributed by atoms with van der Waals surface area (Å²) >= 11 is 0. The second kappa shape index (κ2) is 5.72. The molecule has 0 aromatic rings. The lowest BCUT2D eigenvalue weighted by molar-refractivity contribution is -0.137. The van der Waals surface area contributed by atoms with E-state index >= 15 is 0 Å². The van der Waals surface area contributed by atoms with E-state index in [4.69, 9.17) is 5.11 Å². The fraction of sp³-hybridized carbons (Fsp3) is 0.818. The van der Waals surface area contributed by atoms with Crippen LogP contribution in [0, 0.1) is 0 Å².